The first-order chi connectivity index (χ1) is 6.94. The van der Waals surface area contributed by atoms with Crippen LogP contribution in [0.5, 0.6) is 0 Å². The largest absolute Gasteiger partial charge is 0.368 e. The van der Waals surface area contributed by atoms with Gasteiger partial charge in [0.2, 0.25) is 5.91 Å². The van der Waals surface area contributed by atoms with Crippen LogP contribution in [0.2, 0.25) is 0 Å². The third-order valence-corrected chi connectivity index (χ3v) is 3.08. The number of H-pyrrole nitrogens is 1. The van der Waals surface area contributed by atoms with Crippen LogP contribution in [-0.2, 0) is 10.3 Å². The molecule has 6 heteroatoms. The summed E-state index contributed by atoms with van der Waals surface area (Å²) in [6.45, 7) is 3.51. The second-order valence-corrected chi connectivity index (χ2v) is 4.81. The van der Waals surface area contributed by atoms with Crippen molar-refractivity contribution in [1.82, 2.24) is 14.8 Å². The Morgan fingerprint density at radius 3 is 2.73 bits per heavy atom. The maximum Gasteiger partial charge on any atom is 0.243 e. The minimum atomic E-state index is -0.817. The summed E-state index contributed by atoms with van der Waals surface area (Å²) in [5, 5.41) is 6.89. The number of hydrogen-bond acceptors (Lipinski definition) is 3. The van der Waals surface area contributed by atoms with Crippen molar-refractivity contribution in [2.45, 2.75) is 38.1 Å². The smallest absolute Gasteiger partial charge is 0.243 e. The van der Waals surface area contributed by atoms with E-state index < -0.39 is 11.4 Å². The molecule has 0 bridgehead atoms. The van der Waals surface area contributed by atoms with Crippen LogP contribution in [0.3, 0.4) is 0 Å². The van der Waals surface area contributed by atoms with Crippen molar-refractivity contribution in [2.75, 3.05) is 0 Å². The summed E-state index contributed by atoms with van der Waals surface area (Å²) in [6, 6.07) is 0. The zero-order valence-electron chi connectivity index (χ0n) is 8.78. The molecule has 0 unspecified atom stereocenters. The van der Waals surface area contributed by atoms with Crippen LogP contribution in [0, 0.1) is 4.77 Å². The fourth-order valence-electron chi connectivity index (χ4n) is 1.57. The number of amides is 1. The second-order valence-electron chi connectivity index (χ2n) is 4.42. The molecule has 0 aromatic carbocycles. The lowest BCUT2D eigenvalue weighted by atomic mass is 10.0. The Morgan fingerprint density at radius 2 is 2.27 bits per heavy atom. The normalized spacial score (nSPS) is 16.7. The predicted molar refractivity (Wildman–Crippen MR) is 57.9 cm³/mol. The first-order valence-electron chi connectivity index (χ1n) is 4.92. The van der Waals surface area contributed by atoms with Gasteiger partial charge in [0.1, 0.15) is 11.4 Å². The van der Waals surface area contributed by atoms with Crippen molar-refractivity contribution in [1.29, 1.82) is 0 Å². The molecule has 5 nitrogen and oxygen atoms in total. The number of rotatable bonds is 3. The van der Waals surface area contributed by atoms with Gasteiger partial charge in [-0.3, -0.25) is 14.5 Å². The van der Waals surface area contributed by atoms with Crippen LogP contribution in [0.25, 0.3) is 0 Å². The SMILES string of the molecule is CC(C)(C(N)=O)n1c(C2CC2)n[nH]c1=S. The van der Waals surface area contributed by atoms with E-state index in [9.17, 15) is 4.79 Å². The molecule has 1 aliphatic carbocycles. The van der Waals surface area contributed by atoms with Gasteiger partial charge < -0.3 is 5.73 Å². The van der Waals surface area contributed by atoms with Gasteiger partial charge in [-0.05, 0) is 38.9 Å². The molecule has 1 aliphatic rings. The molecule has 1 aromatic rings. The Bertz CT molecular complexity index is 455. The van der Waals surface area contributed by atoms with Gasteiger partial charge in [-0.2, -0.15) is 5.10 Å². The second kappa shape index (κ2) is 3.16. The Hall–Kier alpha value is -1.17. The van der Waals surface area contributed by atoms with Gasteiger partial charge in [0.15, 0.2) is 4.77 Å². The maximum atomic E-state index is 11.4. The van der Waals surface area contributed by atoms with Gasteiger partial charge in [0.05, 0.1) is 0 Å². The van der Waals surface area contributed by atoms with E-state index in [1.165, 1.54) is 0 Å². The first kappa shape index (κ1) is 10.4. The molecule has 1 amide bonds. The molecule has 0 aliphatic heterocycles. The van der Waals surface area contributed by atoms with Gasteiger partial charge in [0, 0.05) is 5.92 Å². The molecular weight excluding hydrogens is 212 g/mol. The fraction of sp³-hybridized carbons (Fsp3) is 0.667. The third kappa shape index (κ3) is 1.58. The summed E-state index contributed by atoms with van der Waals surface area (Å²) in [5.41, 5.74) is 4.55. The quantitative estimate of drug-likeness (QED) is 0.756. The number of hydrogen-bond donors (Lipinski definition) is 2. The van der Waals surface area contributed by atoms with E-state index in [-0.39, 0.29) is 0 Å². The average molecular weight is 226 g/mol. The number of aromatic nitrogens is 3. The molecular formula is C9H14N4OS. The topological polar surface area (TPSA) is 76.7 Å². The number of carbonyl (C=O) groups excluding carboxylic acids is 1. The van der Waals surface area contributed by atoms with Crippen LogP contribution in [0.15, 0.2) is 0 Å². The van der Waals surface area contributed by atoms with Crippen LogP contribution in [0.4, 0.5) is 0 Å². The van der Waals surface area contributed by atoms with Gasteiger partial charge in [-0.15, -0.1) is 0 Å². The van der Waals surface area contributed by atoms with Gasteiger partial charge >= 0.3 is 0 Å². The molecule has 1 aromatic heterocycles. The van der Waals surface area contributed by atoms with Crippen LogP contribution >= 0.6 is 12.2 Å². The van der Waals surface area contributed by atoms with E-state index in [4.69, 9.17) is 18.0 Å². The molecule has 0 radical (unpaired) electrons. The summed E-state index contributed by atoms with van der Waals surface area (Å²) in [5.74, 6) is 0.877. The number of primary amides is 1. The minimum Gasteiger partial charge on any atom is -0.368 e. The summed E-state index contributed by atoms with van der Waals surface area (Å²) in [6.07, 6.45) is 2.21. The van der Waals surface area contributed by atoms with Crippen LogP contribution < -0.4 is 5.73 Å². The Labute approximate surface area is 92.7 Å². The summed E-state index contributed by atoms with van der Waals surface area (Å²) >= 11 is 5.12. The molecule has 0 spiro atoms. The highest BCUT2D eigenvalue weighted by atomic mass is 32.1. The molecule has 82 valence electrons. The molecule has 1 saturated carbocycles. The van der Waals surface area contributed by atoms with Crippen molar-refractivity contribution < 1.29 is 4.79 Å². The van der Waals surface area contributed by atoms with Gasteiger partial charge in [-0.1, -0.05) is 0 Å². The maximum absolute atomic E-state index is 11.4. The zero-order chi connectivity index (χ0) is 11.2. The van der Waals surface area contributed by atoms with E-state index in [1.807, 2.05) is 0 Å². The number of nitrogens with zero attached hydrogens (tertiary/aromatic N) is 2. The van der Waals surface area contributed by atoms with Crippen molar-refractivity contribution in [3.05, 3.63) is 10.6 Å². The van der Waals surface area contributed by atoms with E-state index in [0.717, 1.165) is 18.7 Å². The van der Waals surface area contributed by atoms with E-state index in [1.54, 1.807) is 18.4 Å². The van der Waals surface area contributed by atoms with Crippen molar-refractivity contribution >= 4 is 18.1 Å². The highest BCUT2D eigenvalue weighted by Gasteiger charge is 2.36. The monoisotopic (exact) mass is 226 g/mol. The van der Waals surface area contributed by atoms with E-state index in [0.29, 0.717) is 10.7 Å². The Kier molecular flexibility index (Phi) is 2.18. The third-order valence-electron chi connectivity index (χ3n) is 2.80. The van der Waals surface area contributed by atoms with Gasteiger partial charge in [0.25, 0.3) is 0 Å². The molecule has 1 fully saturated rings. The Balaban J connectivity index is 2.54. The van der Waals surface area contributed by atoms with E-state index >= 15 is 0 Å². The van der Waals surface area contributed by atoms with Gasteiger partial charge in [-0.25, -0.2) is 0 Å². The number of aromatic amines is 1. The number of nitrogens with two attached hydrogens (primary N) is 1. The molecule has 3 N–H and O–H groups in total. The minimum absolute atomic E-state index is 0.401. The molecule has 0 atom stereocenters. The first-order valence-corrected chi connectivity index (χ1v) is 5.33. The van der Waals surface area contributed by atoms with Crippen LogP contribution in [0.1, 0.15) is 38.4 Å². The lowest BCUT2D eigenvalue weighted by Crippen LogP contribution is -2.42. The average Bonchev–Trinajstić information content (AvgIpc) is 2.89. The summed E-state index contributed by atoms with van der Waals surface area (Å²) in [4.78, 5) is 11.4. The predicted octanol–water partition coefficient (Wildman–Crippen LogP) is 1.04. The number of carbonyl (C=O) groups is 1. The standard InChI is InChI=1S/C9H14N4OS/c1-9(2,7(10)14)13-6(5-3-4-5)11-12-8(13)15/h5H,3-4H2,1-2H3,(H2,10,14)(H,12,15). The van der Waals surface area contributed by atoms with Crippen molar-refractivity contribution in [3.8, 4) is 0 Å². The number of nitrogens with one attached hydrogen (secondary N) is 1. The molecule has 0 saturated heterocycles. The van der Waals surface area contributed by atoms with Crippen molar-refractivity contribution in [3.63, 3.8) is 0 Å². The lowest BCUT2D eigenvalue weighted by molar-refractivity contribution is -0.125. The van der Waals surface area contributed by atoms with Crippen LogP contribution in [-0.4, -0.2) is 20.7 Å². The Morgan fingerprint density at radius 1 is 1.67 bits per heavy atom. The lowest BCUT2D eigenvalue weighted by Gasteiger charge is -2.23. The van der Waals surface area contributed by atoms with Crippen molar-refractivity contribution in [2.24, 2.45) is 5.73 Å². The highest BCUT2D eigenvalue weighted by Crippen LogP contribution is 2.40. The summed E-state index contributed by atoms with van der Waals surface area (Å²) < 4.78 is 2.20. The van der Waals surface area contributed by atoms with E-state index in [2.05, 4.69) is 10.2 Å². The highest BCUT2D eigenvalue weighted by molar-refractivity contribution is 7.71. The zero-order valence-corrected chi connectivity index (χ0v) is 9.60. The summed E-state index contributed by atoms with van der Waals surface area (Å²) in [7, 11) is 0. The molecule has 15 heavy (non-hydrogen) atoms. The molecule has 2 rings (SSSR count). The fourth-order valence-corrected chi connectivity index (χ4v) is 1.94. The molecule has 1 heterocycles.